The van der Waals surface area contributed by atoms with E-state index >= 15 is 0 Å². The molecule has 0 unspecified atom stereocenters. The summed E-state index contributed by atoms with van der Waals surface area (Å²) in [7, 11) is 0. The van der Waals surface area contributed by atoms with Gasteiger partial charge in [0.2, 0.25) is 12.0 Å². The van der Waals surface area contributed by atoms with Gasteiger partial charge in [0, 0.05) is 24.7 Å². The van der Waals surface area contributed by atoms with Gasteiger partial charge < -0.3 is 14.8 Å². The van der Waals surface area contributed by atoms with E-state index in [2.05, 4.69) is 10.7 Å². The number of nitro benzene ring substituents is 1. The molecule has 1 fully saturated rings. The number of nitrogens with one attached hydrogen (secondary N) is 2. The summed E-state index contributed by atoms with van der Waals surface area (Å²) in [5.74, 6) is -0.940. The topological polar surface area (TPSA) is 140 Å². The van der Waals surface area contributed by atoms with Crippen LogP contribution >= 0.6 is 0 Å². The zero-order valence-corrected chi connectivity index (χ0v) is 20.0. The summed E-state index contributed by atoms with van der Waals surface area (Å²) in [5.41, 5.74) is 3.08. The molecule has 2 N–H and O–H groups in total. The van der Waals surface area contributed by atoms with Gasteiger partial charge in [-0.05, 0) is 37.3 Å². The van der Waals surface area contributed by atoms with E-state index in [9.17, 15) is 24.5 Å². The average molecular weight is 504 g/mol. The average Bonchev–Trinajstić information content (AvgIpc) is 2.88. The zero-order valence-electron chi connectivity index (χ0n) is 20.0. The Hall–Kier alpha value is -4.93. The van der Waals surface area contributed by atoms with E-state index < -0.39 is 28.9 Å². The lowest BCUT2D eigenvalue weighted by molar-refractivity contribution is -0.386. The molecule has 0 spiro atoms. The molecule has 3 aromatic rings. The van der Waals surface area contributed by atoms with Crippen molar-refractivity contribution in [1.29, 1.82) is 0 Å². The number of hydrogen-bond acceptors (Lipinski definition) is 7. The van der Waals surface area contributed by atoms with Gasteiger partial charge in [-0.1, -0.05) is 30.3 Å². The molecular formula is C26H24N4O7. The van der Waals surface area contributed by atoms with E-state index in [1.54, 1.807) is 43.3 Å². The van der Waals surface area contributed by atoms with Crippen molar-refractivity contribution in [1.82, 2.24) is 10.4 Å². The van der Waals surface area contributed by atoms with Crippen molar-refractivity contribution in [2.45, 2.75) is 26.0 Å². The molecule has 3 amide bonds. The Morgan fingerprint density at radius 3 is 2.43 bits per heavy atom. The standard InChI is InChI=1S/C26H24N4O7/c1-3-36-22-15-17(27-16(2)31)13-14-20(22)25(32)28-29-23(19-11-7-8-12-21(19)30(34)35)24(26(29)33)37-18-9-5-4-6-10-18/h4-15,23-24H,3H2,1-2H3,(H,27,31)(H,28,32)/t23-,24+/m0/s1. The molecule has 1 aliphatic heterocycles. The first kappa shape index (κ1) is 25.2. The largest absolute Gasteiger partial charge is 0.493 e. The maximum absolute atomic E-state index is 13.2. The second kappa shape index (κ2) is 10.8. The predicted molar refractivity (Wildman–Crippen MR) is 133 cm³/mol. The van der Waals surface area contributed by atoms with Crippen molar-refractivity contribution in [3.63, 3.8) is 0 Å². The number of nitrogens with zero attached hydrogens (tertiary/aromatic N) is 2. The molecule has 0 radical (unpaired) electrons. The van der Waals surface area contributed by atoms with E-state index in [-0.39, 0.29) is 35.1 Å². The number of carbonyl (C=O) groups excluding carboxylic acids is 3. The highest BCUT2D eigenvalue weighted by atomic mass is 16.6. The number of amides is 3. The molecule has 4 rings (SSSR count). The molecule has 37 heavy (non-hydrogen) atoms. The van der Waals surface area contributed by atoms with Gasteiger partial charge in [-0.25, -0.2) is 5.01 Å². The van der Waals surface area contributed by atoms with Gasteiger partial charge in [-0.3, -0.25) is 29.9 Å². The van der Waals surface area contributed by atoms with Crippen LogP contribution in [0.1, 0.15) is 35.8 Å². The van der Waals surface area contributed by atoms with Gasteiger partial charge in [-0.2, -0.15) is 0 Å². The van der Waals surface area contributed by atoms with Crippen molar-refractivity contribution in [3.8, 4) is 11.5 Å². The minimum Gasteiger partial charge on any atom is -0.493 e. The first-order chi connectivity index (χ1) is 17.8. The van der Waals surface area contributed by atoms with Crippen LogP contribution in [0, 0.1) is 10.1 Å². The molecule has 0 saturated carbocycles. The fourth-order valence-corrected chi connectivity index (χ4v) is 3.99. The highest BCUT2D eigenvalue weighted by molar-refractivity contribution is 6.00. The quantitative estimate of drug-likeness (QED) is 0.258. The monoisotopic (exact) mass is 504 g/mol. The van der Waals surface area contributed by atoms with Crippen molar-refractivity contribution in [2.75, 3.05) is 11.9 Å². The first-order valence-electron chi connectivity index (χ1n) is 11.4. The number of para-hydroxylation sites is 2. The maximum Gasteiger partial charge on any atom is 0.285 e. The van der Waals surface area contributed by atoms with Crippen LogP contribution in [0.2, 0.25) is 0 Å². The van der Waals surface area contributed by atoms with Crippen LogP contribution in [0.15, 0.2) is 72.8 Å². The number of anilines is 1. The molecule has 11 nitrogen and oxygen atoms in total. The smallest absolute Gasteiger partial charge is 0.285 e. The second-order valence-corrected chi connectivity index (χ2v) is 8.09. The number of β-lactam (4-membered cyclic amide) rings is 1. The van der Waals surface area contributed by atoms with Crippen LogP contribution in [0.3, 0.4) is 0 Å². The zero-order chi connectivity index (χ0) is 26.5. The van der Waals surface area contributed by atoms with Gasteiger partial charge >= 0.3 is 0 Å². The second-order valence-electron chi connectivity index (χ2n) is 8.09. The van der Waals surface area contributed by atoms with Crippen LogP contribution in [-0.4, -0.2) is 40.4 Å². The third kappa shape index (κ3) is 5.35. The van der Waals surface area contributed by atoms with Crippen molar-refractivity contribution in [3.05, 3.63) is 94.0 Å². The highest BCUT2D eigenvalue weighted by Gasteiger charge is 2.53. The van der Waals surface area contributed by atoms with Gasteiger partial charge in [0.05, 0.1) is 22.7 Å². The lowest BCUT2D eigenvalue weighted by Crippen LogP contribution is -2.67. The molecule has 2 atom stereocenters. The number of benzene rings is 3. The minimum absolute atomic E-state index is 0.109. The third-order valence-corrected chi connectivity index (χ3v) is 5.57. The molecule has 1 heterocycles. The van der Waals surface area contributed by atoms with Gasteiger partial charge in [0.25, 0.3) is 17.5 Å². The lowest BCUT2D eigenvalue weighted by Gasteiger charge is -2.45. The van der Waals surface area contributed by atoms with E-state index in [1.165, 1.54) is 43.3 Å². The number of nitro groups is 1. The number of hydrogen-bond donors (Lipinski definition) is 2. The van der Waals surface area contributed by atoms with E-state index in [0.717, 1.165) is 5.01 Å². The Morgan fingerprint density at radius 2 is 1.76 bits per heavy atom. The van der Waals surface area contributed by atoms with Gasteiger partial charge in [0.1, 0.15) is 17.5 Å². The summed E-state index contributed by atoms with van der Waals surface area (Å²) in [5, 5.41) is 15.4. The lowest BCUT2D eigenvalue weighted by atomic mass is 9.91. The number of ether oxygens (including phenoxy) is 2. The Kier molecular flexibility index (Phi) is 7.33. The summed E-state index contributed by atoms with van der Waals surface area (Å²) in [6.07, 6.45) is -1.10. The minimum atomic E-state index is -1.10. The van der Waals surface area contributed by atoms with Gasteiger partial charge in [0.15, 0.2) is 0 Å². The highest BCUT2D eigenvalue weighted by Crippen LogP contribution is 2.40. The first-order valence-corrected chi connectivity index (χ1v) is 11.4. The van der Waals surface area contributed by atoms with Crippen LogP contribution in [0.4, 0.5) is 11.4 Å². The predicted octanol–water partition coefficient (Wildman–Crippen LogP) is 3.63. The van der Waals surface area contributed by atoms with Crippen molar-refractivity contribution >= 4 is 29.1 Å². The summed E-state index contributed by atoms with van der Waals surface area (Å²) in [4.78, 5) is 48.9. The number of rotatable bonds is 9. The summed E-state index contributed by atoms with van der Waals surface area (Å²) < 4.78 is 11.4. The normalized spacial score (nSPS) is 16.4. The molecule has 0 bridgehead atoms. The Morgan fingerprint density at radius 1 is 1.05 bits per heavy atom. The number of carbonyl (C=O) groups is 3. The fourth-order valence-electron chi connectivity index (χ4n) is 3.99. The Labute approximate surface area is 212 Å². The molecule has 0 aromatic heterocycles. The molecule has 3 aromatic carbocycles. The van der Waals surface area contributed by atoms with E-state index in [0.29, 0.717) is 11.4 Å². The van der Waals surface area contributed by atoms with E-state index in [1.807, 2.05) is 0 Å². The summed E-state index contributed by atoms with van der Waals surface area (Å²) in [6.45, 7) is 3.34. The van der Waals surface area contributed by atoms with Crippen molar-refractivity contribution < 1.29 is 28.8 Å². The fraction of sp³-hybridized carbons (Fsp3) is 0.192. The number of hydrazine groups is 1. The Balaban J connectivity index is 1.65. The third-order valence-electron chi connectivity index (χ3n) is 5.57. The molecule has 190 valence electrons. The summed E-state index contributed by atoms with van der Waals surface area (Å²) in [6, 6.07) is 18.1. The van der Waals surface area contributed by atoms with Crippen LogP contribution < -0.4 is 20.2 Å². The molecule has 11 heteroatoms. The van der Waals surface area contributed by atoms with E-state index in [4.69, 9.17) is 9.47 Å². The SMILES string of the molecule is CCOc1cc(NC(C)=O)ccc1C(=O)NN1C(=O)[C@H](Oc2ccccc2)[C@@H]1c1ccccc1[N+](=O)[O-]. The van der Waals surface area contributed by atoms with Gasteiger partial charge in [-0.15, -0.1) is 0 Å². The summed E-state index contributed by atoms with van der Waals surface area (Å²) >= 11 is 0. The van der Waals surface area contributed by atoms with Crippen LogP contribution in [0.5, 0.6) is 11.5 Å². The van der Waals surface area contributed by atoms with Crippen LogP contribution in [-0.2, 0) is 9.59 Å². The molecule has 1 saturated heterocycles. The maximum atomic E-state index is 13.2. The molecular weight excluding hydrogens is 480 g/mol. The molecule has 1 aliphatic rings. The molecule has 0 aliphatic carbocycles. The van der Waals surface area contributed by atoms with Crippen LogP contribution in [0.25, 0.3) is 0 Å². The van der Waals surface area contributed by atoms with Crippen molar-refractivity contribution in [2.24, 2.45) is 0 Å². The Bertz CT molecular complexity index is 1350.